The molecule has 1 aromatic rings. The summed E-state index contributed by atoms with van der Waals surface area (Å²) in [5, 5.41) is 12.9. The monoisotopic (exact) mass is 450 g/mol. The normalized spacial score (nSPS) is 15.6. The summed E-state index contributed by atoms with van der Waals surface area (Å²) in [4.78, 5) is 6.63. The van der Waals surface area contributed by atoms with Crippen LogP contribution in [0.2, 0.25) is 0 Å². The lowest BCUT2D eigenvalue weighted by Gasteiger charge is -2.26. The molecule has 0 saturated carbocycles. The van der Waals surface area contributed by atoms with Gasteiger partial charge in [-0.1, -0.05) is 0 Å². The van der Waals surface area contributed by atoms with E-state index in [2.05, 4.69) is 15.2 Å². The van der Waals surface area contributed by atoms with Gasteiger partial charge in [0.05, 0.1) is 26.9 Å². The number of phenols is 1. The zero-order valence-corrected chi connectivity index (χ0v) is 16.4. The third-order valence-corrected chi connectivity index (χ3v) is 3.77. The van der Waals surface area contributed by atoms with Crippen LogP contribution < -0.4 is 15.8 Å². The van der Waals surface area contributed by atoms with Gasteiger partial charge < -0.3 is 25.6 Å². The first kappa shape index (κ1) is 20.8. The van der Waals surface area contributed by atoms with Crippen molar-refractivity contribution >= 4 is 29.9 Å². The number of guanidine groups is 1. The fraction of sp³-hybridized carbons (Fsp3) is 0.562. The molecule has 0 unspecified atom stereocenters. The van der Waals surface area contributed by atoms with Crippen LogP contribution in [0, 0.1) is 0 Å². The smallest absolute Gasteiger partial charge is 0.188 e. The largest absolute Gasteiger partial charge is 0.508 e. The second-order valence-corrected chi connectivity index (χ2v) is 5.43. The van der Waals surface area contributed by atoms with Crippen LogP contribution >= 0.6 is 24.0 Å². The van der Waals surface area contributed by atoms with E-state index in [0.29, 0.717) is 23.8 Å². The van der Waals surface area contributed by atoms with Crippen molar-refractivity contribution in [1.29, 1.82) is 0 Å². The van der Waals surface area contributed by atoms with Gasteiger partial charge in [0, 0.05) is 25.2 Å². The minimum Gasteiger partial charge on any atom is -0.508 e. The second kappa shape index (κ2) is 11.3. The molecule has 0 aromatic heterocycles. The van der Waals surface area contributed by atoms with Crippen LogP contribution in [0.1, 0.15) is 12.0 Å². The lowest BCUT2D eigenvalue weighted by atomic mass is 10.2. The molecule has 0 bridgehead atoms. The Labute approximate surface area is 160 Å². The van der Waals surface area contributed by atoms with E-state index in [1.165, 1.54) is 0 Å². The number of morpholine rings is 1. The first-order chi connectivity index (χ1) is 11.2. The zero-order chi connectivity index (χ0) is 16.5. The van der Waals surface area contributed by atoms with Gasteiger partial charge in [0.2, 0.25) is 0 Å². The number of nitrogens with one attached hydrogen (secondary N) is 1. The maximum Gasteiger partial charge on any atom is 0.188 e. The van der Waals surface area contributed by atoms with Crippen LogP contribution in [0.25, 0.3) is 0 Å². The van der Waals surface area contributed by atoms with Crippen molar-refractivity contribution in [3.63, 3.8) is 0 Å². The molecule has 0 spiro atoms. The molecule has 0 radical (unpaired) electrons. The number of halogens is 1. The Bertz CT molecular complexity index is 522. The Morgan fingerprint density at radius 3 is 2.88 bits per heavy atom. The number of aliphatic imine (C=N–C) groups is 1. The van der Waals surface area contributed by atoms with E-state index < -0.39 is 0 Å². The summed E-state index contributed by atoms with van der Waals surface area (Å²) in [6, 6.07) is 5.05. The van der Waals surface area contributed by atoms with Gasteiger partial charge in [0.15, 0.2) is 5.96 Å². The van der Waals surface area contributed by atoms with Gasteiger partial charge in [-0.3, -0.25) is 4.90 Å². The van der Waals surface area contributed by atoms with Crippen molar-refractivity contribution in [2.24, 2.45) is 10.7 Å². The van der Waals surface area contributed by atoms with E-state index >= 15 is 0 Å². The lowest BCUT2D eigenvalue weighted by molar-refractivity contribution is 0.0376. The van der Waals surface area contributed by atoms with E-state index in [1.807, 2.05) is 0 Å². The molecule has 0 aliphatic carbocycles. The molecule has 1 saturated heterocycles. The average Bonchev–Trinajstić information content (AvgIpc) is 2.59. The van der Waals surface area contributed by atoms with Crippen molar-refractivity contribution in [2.45, 2.75) is 13.0 Å². The van der Waals surface area contributed by atoms with E-state index in [1.54, 1.807) is 25.3 Å². The highest BCUT2D eigenvalue weighted by atomic mass is 127. The minimum atomic E-state index is 0. The summed E-state index contributed by atoms with van der Waals surface area (Å²) < 4.78 is 10.5. The van der Waals surface area contributed by atoms with Crippen LogP contribution in [0.3, 0.4) is 0 Å². The Kier molecular flexibility index (Phi) is 9.80. The van der Waals surface area contributed by atoms with E-state index in [0.717, 1.165) is 45.8 Å². The summed E-state index contributed by atoms with van der Waals surface area (Å²) in [7, 11) is 1.59. The summed E-state index contributed by atoms with van der Waals surface area (Å²) in [6.45, 7) is 5.75. The Balaban J connectivity index is 0.00000288. The highest BCUT2D eigenvalue weighted by molar-refractivity contribution is 14.0. The maximum absolute atomic E-state index is 9.80. The van der Waals surface area contributed by atoms with Gasteiger partial charge in [-0.2, -0.15) is 0 Å². The molecular formula is C16H27IN4O3. The molecule has 1 aliphatic heterocycles. The Morgan fingerprint density at radius 1 is 1.42 bits per heavy atom. The van der Waals surface area contributed by atoms with E-state index in [-0.39, 0.29) is 29.7 Å². The van der Waals surface area contributed by atoms with Crippen LogP contribution in [-0.4, -0.2) is 62.5 Å². The Morgan fingerprint density at radius 2 is 2.17 bits per heavy atom. The number of ether oxygens (including phenoxy) is 2. The standard InChI is InChI=1S/C16H26N4O3.HI/c1-22-14-3-4-15(21)13(11-14)12-19-16(17)18-5-2-6-20-7-9-23-10-8-20;/h3-4,11,21H,2,5-10,12H2,1H3,(H3,17,18,19);1H. The van der Waals surface area contributed by atoms with Gasteiger partial charge in [0.25, 0.3) is 0 Å². The molecule has 7 nitrogen and oxygen atoms in total. The van der Waals surface area contributed by atoms with Crippen LogP contribution in [0.4, 0.5) is 0 Å². The molecule has 2 rings (SSSR count). The van der Waals surface area contributed by atoms with Gasteiger partial charge >= 0.3 is 0 Å². The summed E-state index contributed by atoms with van der Waals surface area (Å²) in [5.74, 6) is 1.26. The fourth-order valence-electron chi connectivity index (χ4n) is 2.39. The number of nitrogens with zero attached hydrogens (tertiary/aromatic N) is 2. The van der Waals surface area contributed by atoms with Crippen molar-refractivity contribution < 1.29 is 14.6 Å². The molecule has 1 fully saturated rings. The van der Waals surface area contributed by atoms with Crippen LogP contribution in [-0.2, 0) is 11.3 Å². The first-order valence-corrected chi connectivity index (χ1v) is 7.89. The number of hydrogen-bond acceptors (Lipinski definition) is 5. The highest BCUT2D eigenvalue weighted by Gasteiger charge is 2.09. The minimum absolute atomic E-state index is 0. The van der Waals surface area contributed by atoms with Crippen LogP contribution in [0.5, 0.6) is 11.5 Å². The predicted molar refractivity (Wildman–Crippen MR) is 105 cm³/mol. The number of nitrogens with two attached hydrogens (primary N) is 1. The quantitative estimate of drug-likeness (QED) is 0.250. The maximum atomic E-state index is 9.80. The third-order valence-electron chi connectivity index (χ3n) is 3.77. The van der Waals surface area contributed by atoms with Crippen molar-refractivity contribution in [3.8, 4) is 11.5 Å². The Hall–Kier alpha value is -1.26. The number of rotatable bonds is 7. The average molecular weight is 450 g/mol. The summed E-state index contributed by atoms with van der Waals surface area (Å²) in [6.07, 6.45) is 1.00. The molecule has 1 aromatic carbocycles. The number of hydrogen-bond donors (Lipinski definition) is 3. The van der Waals surface area contributed by atoms with Crippen LogP contribution in [0.15, 0.2) is 23.2 Å². The van der Waals surface area contributed by atoms with Gasteiger partial charge in [-0.15, -0.1) is 24.0 Å². The molecular weight excluding hydrogens is 423 g/mol. The molecule has 24 heavy (non-hydrogen) atoms. The van der Waals surface area contributed by atoms with Crippen molar-refractivity contribution in [2.75, 3.05) is 46.5 Å². The molecule has 4 N–H and O–H groups in total. The van der Waals surface area contributed by atoms with Gasteiger partial charge in [-0.05, 0) is 31.2 Å². The number of methoxy groups -OCH3 is 1. The van der Waals surface area contributed by atoms with Crippen molar-refractivity contribution in [3.05, 3.63) is 23.8 Å². The van der Waals surface area contributed by atoms with Crippen molar-refractivity contribution in [1.82, 2.24) is 10.2 Å². The van der Waals surface area contributed by atoms with E-state index in [4.69, 9.17) is 15.2 Å². The summed E-state index contributed by atoms with van der Waals surface area (Å²) in [5.41, 5.74) is 6.54. The molecule has 136 valence electrons. The number of aromatic hydroxyl groups is 1. The fourth-order valence-corrected chi connectivity index (χ4v) is 2.39. The second-order valence-electron chi connectivity index (χ2n) is 5.43. The predicted octanol–water partition coefficient (Wildman–Crippen LogP) is 1.15. The molecule has 0 atom stereocenters. The summed E-state index contributed by atoms with van der Waals surface area (Å²) >= 11 is 0. The van der Waals surface area contributed by atoms with Gasteiger partial charge in [0.1, 0.15) is 11.5 Å². The molecule has 1 heterocycles. The number of phenolic OH excluding ortho intramolecular Hbond substituents is 1. The highest BCUT2D eigenvalue weighted by Crippen LogP contribution is 2.23. The van der Waals surface area contributed by atoms with Gasteiger partial charge in [-0.25, -0.2) is 4.99 Å². The lowest BCUT2D eigenvalue weighted by Crippen LogP contribution is -2.39. The zero-order valence-electron chi connectivity index (χ0n) is 14.0. The third kappa shape index (κ3) is 7.10. The first-order valence-electron chi connectivity index (χ1n) is 7.89. The topological polar surface area (TPSA) is 92.3 Å². The molecule has 8 heteroatoms. The number of benzene rings is 1. The van der Waals surface area contributed by atoms with E-state index in [9.17, 15) is 5.11 Å². The SMILES string of the molecule is COc1ccc(O)c(CN=C(N)NCCCN2CCOCC2)c1.I. The molecule has 1 aliphatic rings. The molecule has 0 amide bonds.